The Hall–Kier alpha value is -2.78. The second kappa shape index (κ2) is 11.4. The molecule has 1 heterocycles. The van der Waals surface area contributed by atoms with Gasteiger partial charge < -0.3 is 10.6 Å². The van der Waals surface area contributed by atoms with Crippen molar-refractivity contribution < 1.29 is 9.59 Å². The summed E-state index contributed by atoms with van der Waals surface area (Å²) in [6.45, 7) is 8.13. The molecule has 0 bridgehead atoms. The van der Waals surface area contributed by atoms with Crippen molar-refractivity contribution in [1.82, 2.24) is 15.5 Å². The van der Waals surface area contributed by atoms with Crippen LogP contribution in [0.4, 0.5) is 15.6 Å². The smallest absolute Gasteiger partial charge is 0.319 e. The van der Waals surface area contributed by atoms with Crippen molar-refractivity contribution in [3.63, 3.8) is 0 Å². The molecule has 0 aliphatic heterocycles. The molecule has 3 N–H and O–H groups in total. The minimum atomic E-state index is -0.719. The summed E-state index contributed by atoms with van der Waals surface area (Å²) in [5, 5.41) is 17.8. The van der Waals surface area contributed by atoms with E-state index in [2.05, 4.69) is 55.9 Å². The highest BCUT2D eigenvalue weighted by Crippen LogP contribution is 2.28. The Morgan fingerprint density at radius 3 is 2.39 bits per heavy atom. The molecule has 0 saturated carbocycles. The predicted octanol–water partition coefficient (Wildman–Crippen LogP) is 6.27. The Labute approximate surface area is 206 Å². The third-order valence-electron chi connectivity index (χ3n) is 5.34. The molecular formula is C24H28BrN5O2S. The van der Waals surface area contributed by atoms with E-state index < -0.39 is 12.1 Å². The second-order valence-electron chi connectivity index (χ2n) is 8.15. The van der Waals surface area contributed by atoms with Crippen LogP contribution in [0.2, 0.25) is 0 Å². The van der Waals surface area contributed by atoms with E-state index in [9.17, 15) is 9.59 Å². The fourth-order valence-electron chi connectivity index (χ4n) is 3.16. The minimum Gasteiger partial charge on any atom is -0.326 e. The first-order valence-electron chi connectivity index (χ1n) is 10.8. The van der Waals surface area contributed by atoms with Crippen LogP contribution in [0, 0.1) is 5.92 Å². The van der Waals surface area contributed by atoms with Gasteiger partial charge >= 0.3 is 6.03 Å². The lowest BCUT2D eigenvalue weighted by atomic mass is 9.98. The summed E-state index contributed by atoms with van der Waals surface area (Å²) in [5.74, 6) is 0.0128. The Morgan fingerprint density at radius 2 is 1.76 bits per heavy atom. The van der Waals surface area contributed by atoms with Gasteiger partial charge in [0, 0.05) is 15.7 Å². The van der Waals surface area contributed by atoms with E-state index in [1.54, 1.807) is 0 Å². The fourth-order valence-corrected chi connectivity index (χ4v) is 4.30. The summed E-state index contributed by atoms with van der Waals surface area (Å²) in [7, 11) is 0. The van der Waals surface area contributed by atoms with Crippen molar-refractivity contribution >= 4 is 50.0 Å². The molecule has 9 heteroatoms. The second-order valence-corrected chi connectivity index (χ2v) is 10.0. The normalized spacial score (nSPS) is 12.8. The summed E-state index contributed by atoms with van der Waals surface area (Å²) < 4.78 is 0.937. The van der Waals surface area contributed by atoms with Gasteiger partial charge in [0.05, 0.1) is 0 Å². The number of carbonyl (C=O) groups is 2. The van der Waals surface area contributed by atoms with Crippen LogP contribution < -0.4 is 16.0 Å². The summed E-state index contributed by atoms with van der Waals surface area (Å²) in [6, 6.07) is 14.2. The number of benzene rings is 2. The quantitative estimate of drug-likeness (QED) is 0.320. The Balaban J connectivity index is 1.65. The first-order chi connectivity index (χ1) is 15.8. The predicted molar refractivity (Wildman–Crippen MR) is 138 cm³/mol. The SMILES string of the molecule is CC[C@H](C)[C@H](NC(=O)Nc1ccc(C(C)C)cc1)C(=O)Nc1nnc(-c2cccc(Br)c2)s1. The fraction of sp³-hybridized carbons (Fsp3) is 0.333. The molecule has 0 radical (unpaired) electrons. The molecule has 2 atom stereocenters. The highest BCUT2D eigenvalue weighted by molar-refractivity contribution is 9.10. The largest absolute Gasteiger partial charge is 0.326 e. The number of carbonyl (C=O) groups excluding carboxylic acids is 2. The first-order valence-corrected chi connectivity index (χ1v) is 12.5. The molecule has 0 spiro atoms. The molecule has 0 fully saturated rings. The van der Waals surface area contributed by atoms with Crippen molar-refractivity contribution in [3.8, 4) is 10.6 Å². The van der Waals surface area contributed by atoms with Gasteiger partial charge in [-0.3, -0.25) is 10.1 Å². The maximum atomic E-state index is 13.0. The molecule has 3 amide bonds. The van der Waals surface area contributed by atoms with Gasteiger partial charge in [-0.15, -0.1) is 10.2 Å². The highest BCUT2D eigenvalue weighted by atomic mass is 79.9. The maximum Gasteiger partial charge on any atom is 0.319 e. The zero-order valence-corrected chi connectivity index (χ0v) is 21.5. The van der Waals surface area contributed by atoms with Crippen molar-refractivity contribution in [2.75, 3.05) is 10.6 Å². The summed E-state index contributed by atoms with van der Waals surface area (Å²) in [4.78, 5) is 25.6. The summed E-state index contributed by atoms with van der Waals surface area (Å²) in [6.07, 6.45) is 0.723. The van der Waals surface area contributed by atoms with Crippen molar-refractivity contribution in [3.05, 3.63) is 58.6 Å². The van der Waals surface area contributed by atoms with Gasteiger partial charge in [0.1, 0.15) is 11.0 Å². The van der Waals surface area contributed by atoms with Crippen LogP contribution in [-0.4, -0.2) is 28.2 Å². The molecule has 0 aliphatic rings. The van der Waals surface area contributed by atoms with Gasteiger partial charge in [0.15, 0.2) is 0 Å². The van der Waals surface area contributed by atoms with E-state index in [1.807, 2.05) is 62.4 Å². The number of halogens is 1. The van der Waals surface area contributed by atoms with E-state index in [1.165, 1.54) is 16.9 Å². The van der Waals surface area contributed by atoms with Crippen LogP contribution in [-0.2, 0) is 4.79 Å². The van der Waals surface area contributed by atoms with Crippen molar-refractivity contribution in [2.24, 2.45) is 5.92 Å². The molecule has 2 aromatic carbocycles. The zero-order valence-electron chi connectivity index (χ0n) is 19.1. The Morgan fingerprint density at radius 1 is 1.03 bits per heavy atom. The molecule has 174 valence electrons. The molecule has 0 unspecified atom stereocenters. The molecule has 0 aliphatic carbocycles. The van der Waals surface area contributed by atoms with Crippen LogP contribution >= 0.6 is 27.3 Å². The Kier molecular flexibility index (Phi) is 8.57. The summed E-state index contributed by atoms with van der Waals surface area (Å²) >= 11 is 4.73. The highest BCUT2D eigenvalue weighted by Gasteiger charge is 2.27. The van der Waals surface area contributed by atoms with Gasteiger partial charge in [-0.25, -0.2) is 4.79 Å². The number of rotatable bonds is 8. The number of hydrogen-bond acceptors (Lipinski definition) is 5. The van der Waals surface area contributed by atoms with E-state index in [-0.39, 0.29) is 11.8 Å². The van der Waals surface area contributed by atoms with E-state index in [4.69, 9.17) is 0 Å². The molecule has 0 saturated heterocycles. The van der Waals surface area contributed by atoms with Crippen LogP contribution in [0.15, 0.2) is 53.0 Å². The monoisotopic (exact) mass is 529 g/mol. The van der Waals surface area contributed by atoms with E-state index >= 15 is 0 Å². The lowest BCUT2D eigenvalue weighted by molar-refractivity contribution is -0.119. The standard InChI is InChI=1S/C24H28BrN5O2S/c1-5-15(4)20(27-23(32)26-19-11-9-16(10-12-19)14(2)3)21(31)28-24-30-29-22(33-24)17-7-6-8-18(25)13-17/h6-15,20H,5H2,1-4H3,(H2,26,27,32)(H,28,30,31)/t15-,20-/m0/s1. The lowest BCUT2D eigenvalue weighted by Crippen LogP contribution is -2.49. The first kappa shape index (κ1) is 24.9. The molecular weight excluding hydrogens is 502 g/mol. The molecule has 7 nitrogen and oxygen atoms in total. The van der Waals surface area contributed by atoms with Gasteiger partial charge in [-0.1, -0.05) is 85.6 Å². The lowest BCUT2D eigenvalue weighted by Gasteiger charge is -2.23. The van der Waals surface area contributed by atoms with E-state index in [0.29, 0.717) is 21.7 Å². The van der Waals surface area contributed by atoms with Crippen LogP contribution in [0.5, 0.6) is 0 Å². The number of nitrogens with zero attached hydrogens (tertiary/aromatic N) is 2. The minimum absolute atomic E-state index is 0.0727. The average Bonchev–Trinajstić information content (AvgIpc) is 3.25. The van der Waals surface area contributed by atoms with E-state index in [0.717, 1.165) is 16.5 Å². The number of urea groups is 1. The third-order valence-corrected chi connectivity index (χ3v) is 6.72. The number of amides is 3. The van der Waals surface area contributed by atoms with Crippen molar-refractivity contribution in [2.45, 2.75) is 46.1 Å². The van der Waals surface area contributed by atoms with Gasteiger partial charge in [0.2, 0.25) is 11.0 Å². The molecule has 33 heavy (non-hydrogen) atoms. The summed E-state index contributed by atoms with van der Waals surface area (Å²) in [5.41, 5.74) is 2.77. The molecule has 3 aromatic rings. The number of aromatic nitrogens is 2. The van der Waals surface area contributed by atoms with Gasteiger partial charge in [-0.2, -0.15) is 0 Å². The van der Waals surface area contributed by atoms with Gasteiger partial charge in [-0.05, 0) is 41.7 Å². The number of nitrogens with one attached hydrogen (secondary N) is 3. The maximum absolute atomic E-state index is 13.0. The zero-order chi connectivity index (χ0) is 24.0. The topological polar surface area (TPSA) is 96.0 Å². The number of anilines is 2. The van der Waals surface area contributed by atoms with Gasteiger partial charge in [0.25, 0.3) is 0 Å². The van der Waals surface area contributed by atoms with Crippen molar-refractivity contribution in [1.29, 1.82) is 0 Å². The molecule has 3 rings (SSSR count). The van der Waals surface area contributed by atoms with Crippen LogP contribution in [0.1, 0.15) is 45.6 Å². The number of hydrogen-bond donors (Lipinski definition) is 3. The Bertz CT molecular complexity index is 1100. The molecule has 1 aromatic heterocycles. The van der Waals surface area contributed by atoms with Crippen LogP contribution in [0.3, 0.4) is 0 Å². The van der Waals surface area contributed by atoms with Crippen LogP contribution in [0.25, 0.3) is 10.6 Å². The third kappa shape index (κ3) is 6.85. The average molecular weight is 530 g/mol.